The molecule has 22 heavy (non-hydrogen) atoms. The number of carbonyl (C=O) groups excluding carboxylic acids is 2. The van der Waals surface area contributed by atoms with Gasteiger partial charge in [0.15, 0.2) is 0 Å². The molecule has 0 aromatic heterocycles. The van der Waals surface area contributed by atoms with Crippen LogP contribution in [0.3, 0.4) is 0 Å². The Bertz CT molecular complexity index is 612. The van der Waals surface area contributed by atoms with E-state index in [1.165, 1.54) is 0 Å². The predicted molar refractivity (Wildman–Crippen MR) is 82.0 cm³/mol. The number of hydrogen-bond donors (Lipinski definition) is 0. The molecule has 0 heterocycles. The number of rotatable bonds is 2. The van der Waals surface area contributed by atoms with E-state index in [9.17, 15) is 9.59 Å². The van der Waals surface area contributed by atoms with Gasteiger partial charge in [-0.25, -0.2) is 0 Å². The Kier molecular flexibility index (Phi) is 1.98. The van der Waals surface area contributed by atoms with E-state index in [2.05, 4.69) is 24.3 Å². The summed E-state index contributed by atoms with van der Waals surface area (Å²) >= 11 is 12.4. The zero-order valence-electron chi connectivity index (χ0n) is 11.9. The molecule has 0 aliphatic heterocycles. The minimum atomic E-state index is -0.670. The summed E-state index contributed by atoms with van der Waals surface area (Å²) in [6.07, 6.45) is 11.2. The zero-order chi connectivity index (χ0) is 15.0. The van der Waals surface area contributed by atoms with Crippen molar-refractivity contribution >= 4 is 33.7 Å². The van der Waals surface area contributed by atoms with Gasteiger partial charge in [0.2, 0.25) is 10.5 Å². The maximum Gasteiger partial charge on any atom is 0.229 e. The highest BCUT2D eigenvalue weighted by atomic mass is 35.5. The van der Waals surface area contributed by atoms with Gasteiger partial charge in [0.25, 0.3) is 0 Å². The van der Waals surface area contributed by atoms with Crippen molar-refractivity contribution < 1.29 is 9.59 Å². The van der Waals surface area contributed by atoms with Crippen molar-refractivity contribution in [2.45, 2.75) is 12.8 Å². The molecule has 0 radical (unpaired) electrons. The molecule has 4 bridgehead atoms. The van der Waals surface area contributed by atoms with Crippen LogP contribution < -0.4 is 0 Å². The molecule has 6 rings (SSSR count). The van der Waals surface area contributed by atoms with Gasteiger partial charge < -0.3 is 0 Å². The summed E-state index contributed by atoms with van der Waals surface area (Å²) in [7, 11) is 0. The molecule has 0 spiro atoms. The smallest absolute Gasteiger partial charge is 0.229 e. The fourth-order valence-electron chi connectivity index (χ4n) is 8.33. The second-order valence-electron chi connectivity index (χ2n) is 8.29. The maximum absolute atomic E-state index is 12.7. The van der Waals surface area contributed by atoms with Crippen molar-refractivity contribution in [3.05, 3.63) is 24.3 Å². The third-order valence-corrected chi connectivity index (χ3v) is 8.98. The molecule has 0 N–H and O–H groups in total. The van der Waals surface area contributed by atoms with Crippen LogP contribution in [0.5, 0.6) is 0 Å². The SMILES string of the molecule is O=C(Cl)C12[C@@H]3[C@@H]([C@H]4C=C[C@@H]3C4)C1(C(=O)Cl)[C@@H]1[C@H]2[C@H]2C=C[C@@H]1C2. The van der Waals surface area contributed by atoms with Gasteiger partial charge in [-0.15, -0.1) is 0 Å². The number of carbonyl (C=O) groups is 2. The predicted octanol–water partition coefficient (Wildman–Crippen LogP) is 3.39. The first kappa shape index (κ1) is 12.8. The van der Waals surface area contributed by atoms with E-state index >= 15 is 0 Å². The van der Waals surface area contributed by atoms with Crippen LogP contribution in [-0.4, -0.2) is 10.5 Å². The van der Waals surface area contributed by atoms with E-state index in [1.807, 2.05) is 0 Å². The summed E-state index contributed by atoms with van der Waals surface area (Å²) < 4.78 is 0. The van der Waals surface area contributed by atoms with Crippen molar-refractivity contribution in [1.29, 1.82) is 0 Å². The number of allylic oxidation sites excluding steroid dienone is 4. The van der Waals surface area contributed by atoms with E-state index in [-0.39, 0.29) is 34.2 Å². The van der Waals surface area contributed by atoms with Gasteiger partial charge >= 0.3 is 0 Å². The summed E-state index contributed by atoms with van der Waals surface area (Å²) in [6, 6.07) is 0. The molecular formula is C18H16Cl2O2. The molecule has 4 saturated carbocycles. The van der Waals surface area contributed by atoms with Crippen molar-refractivity contribution in [2.75, 3.05) is 0 Å². The maximum atomic E-state index is 12.7. The summed E-state index contributed by atoms with van der Waals surface area (Å²) in [5, 5.41) is -0.572. The Labute approximate surface area is 138 Å². The van der Waals surface area contributed by atoms with Crippen LogP contribution in [-0.2, 0) is 9.59 Å². The topological polar surface area (TPSA) is 34.1 Å². The molecule has 0 aromatic rings. The molecule has 4 heteroatoms. The Morgan fingerprint density at radius 3 is 1.18 bits per heavy atom. The van der Waals surface area contributed by atoms with E-state index in [4.69, 9.17) is 23.2 Å². The fraction of sp³-hybridized carbons (Fsp3) is 0.667. The molecule has 10 atom stereocenters. The average molecular weight is 335 g/mol. The van der Waals surface area contributed by atoms with Gasteiger partial charge in [-0.3, -0.25) is 9.59 Å². The van der Waals surface area contributed by atoms with Crippen LogP contribution in [0, 0.1) is 58.2 Å². The largest absolute Gasteiger partial charge is 0.281 e. The Morgan fingerprint density at radius 2 is 0.955 bits per heavy atom. The Hall–Kier alpha value is -0.600. The van der Waals surface area contributed by atoms with Crippen LogP contribution in [0.4, 0.5) is 0 Å². The molecule has 0 aromatic carbocycles. The Balaban J connectivity index is 1.63. The average Bonchev–Trinajstić information content (AvgIpc) is 3.15. The van der Waals surface area contributed by atoms with Crippen molar-refractivity contribution in [3.8, 4) is 0 Å². The first-order chi connectivity index (χ1) is 10.6. The van der Waals surface area contributed by atoms with E-state index in [0.717, 1.165) is 12.8 Å². The number of fused-ring (bicyclic) bond motifs is 15. The molecular weight excluding hydrogens is 319 g/mol. The fourth-order valence-corrected chi connectivity index (χ4v) is 9.15. The molecule has 4 fully saturated rings. The lowest BCUT2D eigenvalue weighted by Crippen LogP contribution is -2.86. The summed E-state index contributed by atoms with van der Waals surface area (Å²) in [4.78, 5) is 25.3. The molecule has 114 valence electrons. The van der Waals surface area contributed by atoms with Crippen molar-refractivity contribution in [1.82, 2.24) is 0 Å². The van der Waals surface area contributed by atoms with E-state index in [1.54, 1.807) is 0 Å². The van der Waals surface area contributed by atoms with Crippen LogP contribution in [0.15, 0.2) is 24.3 Å². The lowest BCUT2D eigenvalue weighted by Gasteiger charge is -2.81. The first-order valence-electron chi connectivity index (χ1n) is 8.32. The molecule has 2 nitrogen and oxygen atoms in total. The van der Waals surface area contributed by atoms with Crippen LogP contribution in [0.1, 0.15) is 12.8 Å². The zero-order valence-corrected chi connectivity index (χ0v) is 13.4. The van der Waals surface area contributed by atoms with Gasteiger partial charge in [-0.1, -0.05) is 24.3 Å². The van der Waals surface area contributed by atoms with Gasteiger partial charge in [0, 0.05) is 0 Å². The molecule has 6 aliphatic rings. The number of hydrogen-bond acceptors (Lipinski definition) is 2. The highest BCUT2D eigenvalue weighted by molar-refractivity contribution is 6.68. The standard InChI is InChI=1S/C18H16Cl2O2/c19-15(21)17-11-7-1-2-8(5-7)12(11)18(17,16(20)22)14-10-4-3-9(6-10)13(14)17/h1-4,7-14H,5-6H2/t7-,8+,9+,10-,11+,12-,13-,14+,17?,18?. The third kappa shape index (κ3) is 0.880. The van der Waals surface area contributed by atoms with Gasteiger partial charge in [-0.05, 0) is 83.4 Å². The van der Waals surface area contributed by atoms with Crippen molar-refractivity contribution in [2.24, 2.45) is 58.2 Å². The van der Waals surface area contributed by atoms with E-state index in [0.29, 0.717) is 23.7 Å². The second-order valence-corrected chi connectivity index (χ2v) is 8.97. The van der Waals surface area contributed by atoms with Gasteiger partial charge in [0.05, 0.1) is 10.8 Å². The van der Waals surface area contributed by atoms with Crippen LogP contribution >= 0.6 is 23.2 Å². The summed E-state index contributed by atoms with van der Waals surface area (Å²) in [5.41, 5.74) is -1.34. The minimum absolute atomic E-state index is 0.254. The quantitative estimate of drug-likeness (QED) is 0.573. The second kappa shape index (κ2) is 3.42. The highest BCUT2D eigenvalue weighted by Crippen LogP contribution is 2.92. The van der Waals surface area contributed by atoms with Gasteiger partial charge in [-0.2, -0.15) is 0 Å². The normalized spacial score (nSPS) is 63.9. The Morgan fingerprint density at radius 1 is 0.682 bits per heavy atom. The number of halogens is 2. The lowest BCUT2D eigenvalue weighted by molar-refractivity contribution is -0.324. The van der Waals surface area contributed by atoms with Crippen LogP contribution in [0.2, 0.25) is 0 Å². The van der Waals surface area contributed by atoms with Crippen LogP contribution in [0.25, 0.3) is 0 Å². The van der Waals surface area contributed by atoms with Crippen molar-refractivity contribution in [3.63, 3.8) is 0 Å². The lowest BCUT2D eigenvalue weighted by atomic mass is 9.20. The molecule has 6 aliphatic carbocycles. The highest BCUT2D eigenvalue weighted by Gasteiger charge is 2.95. The first-order valence-corrected chi connectivity index (χ1v) is 9.08. The third-order valence-electron chi connectivity index (χ3n) is 8.36. The molecule has 0 saturated heterocycles. The summed E-state index contributed by atoms with van der Waals surface area (Å²) in [5.74, 6) is 2.70. The monoisotopic (exact) mass is 334 g/mol. The van der Waals surface area contributed by atoms with Gasteiger partial charge in [0.1, 0.15) is 0 Å². The molecule has 0 amide bonds. The summed E-state index contributed by atoms with van der Waals surface area (Å²) in [6.45, 7) is 0. The molecule has 2 unspecified atom stereocenters. The van der Waals surface area contributed by atoms with E-state index < -0.39 is 10.8 Å². The minimum Gasteiger partial charge on any atom is -0.281 e.